The van der Waals surface area contributed by atoms with Gasteiger partial charge in [-0.1, -0.05) is 0 Å². The minimum absolute atomic E-state index is 0. The zero-order valence-electron chi connectivity index (χ0n) is 11.1. The normalized spacial score (nSPS) is 11.6. The zero-order valence-corrected chi connectivity index (χ0v) is 19.6. The molecule has 0 fully saturated rings. The fourth-order valence-electron chi connectivity index (χ4n) is 0.979. The first kappa shape index (κ1) is 27.8. The molecular weight excluding hydrogens is 381 g/mol. The summed E-state index contributed by atoms with van der Waals surface area (Å²) in [7, 11) is -15.7. The second-order valence-electron chi connectivity index (χ2n) is 3.00. The van der Waals surface area contributed by atoms with Gasteiger partial charge in [0, 0.05) is 0 Å². The molecule has 0 unspecified atom stereocenters. The Morgan fingerprint density at radius 2 is 0.667 bits per heavy atom. The van der Waals surface area contributed by atoms with Crippen LogP contribution in [0, 0.1) is 0 Å². The van der Waals surface area contributed by atoms with Crippen LogP contribution in [-0.2, 0) is 30.4 Å². The van der Waals surface area contributed by atoms with Gasteiger partial charge in [-0.2, -0.15) is 0 Å². The van der Waals surface area contributed by atoms with Crippen molar-refractivity contribution in [2.75, 3.05) is 0 Å². The van der Waals surface area contributed by atoms with Gasteiger partial charge < -0.3 is 13.7 Å². The van der Waals surface area contributed by atoms with Gasteiger partial charge in [0.1, 0.15) is 30.4 Å². The predicted molar refractivity (Wildman–Crippen MR) is 50.3 cm³/mol. The van der Waals surface area contributed by atoms with Crippen molar-refractivity contribution in [3.8, 4) is 0 Å². The van der Waals surface area contributed by atoms with Crippen molar-refractivity contribution in [3.63, 3.8) is 0 Å². The van der Waals surface area contributed by atoms with Gasteiger partial charge in [-0.25, -0.2) is 25.3 Å². The summed E-state index contributed by atoms with van der Waals surface area (Å²) in [4.78, 5) is -3.89. The Kier molecular flexibility index (Phi) is 12.5. The van der Waals surface area contributed by atoms with Gasteiger partial charge in [-0.3, -0.25) is 0 Å². The second kappa shape index (κ2) is 9.44. The van der Waals surface area contributed by atoms with Gasteiger partial charge in [0.15, 0.2) is 0 Å². The molecule has 0 aliphatic heterocycles. The summed E-state index contributed by atoms with van der Waals surface area (Å²) in [5.74, 6) is 0. The third kappa shape index (κ3) is 8.56. The van der Waals surface area contributed by atoms with Gasteiger partial charge in [-0.15, -0.1) is 0 Å². The SMILES string of the molecule is O=S(=O)([O-])c1cc(S(=O)(=O)[O-])cc(S(=O)(=O)[O-])c1.[Na+].[Na+].[Na+]. The smallest absolute Gasteiger partial charge is 0.744 e. The van der Waals surface area contributed by atoms with E-state index >= 15 is 0 Å². The molecule has 102 valence electrons. The molecule has 0 spiro atoms. The summed E-state index contributed by atoms with van der Waals surface area (Å²) in [6.45, 7) is 0. The first-order valence-corrected chi connectivity index (χ1v) is 8.07. The van der Waals surface area contributed by atoms with Crippen molar-refractivity contribution < 1.29 is 128 Å². The summed E-state index contributed by atoms with van der Waals surface area (Å²) in [5, 5.41) is 0. The number of benzene rings is 1. The third-order valence-electron chi connectivity index (χ3n) is 1.72. The van der Waals surface area contributed by atoms with Crippen molar-refractivity contribution in [1.29, 1.82) is 0 Å². The zero-order chi connectivity index (χ0) is 14.4. The van der Waals surface area contributed by atoms with E-state index < -0.39 is 45.0 Å². The van der Waals surface area contributed by atoms with Crippen LogP contribution in [0.3, 0.4) is 0 Å². The fraction of sp³-hybridized carbons (Fsp3) is 0. The summed E-state index contributed by atoms with van der Waals surface area (Å²) in [5.41, 5.74) is 0. The molecule has 0 saturated heterocycles. The van der Waals surface area contributed by atoms with Crippen LogP contribution in [0.15, 0.2) is 32.9 Å². The van der Waals surface area contributed by atoms with Crippen LogP contribution < -0.4 is 88.7 Å². The van der Waals surface area contributed by atoms with Crippen molar-refractivity contribution in [1.82, 2.24) is 0 Å². The summed E-state index contributed by atoms with van der Waals surface area (Å²) >= 11 is 0. The molecule has 1 aromatic rings. The van der Waals surface area contributed by atoms with Crippen LogP contribution in [0.5, 0.6) is 0 Å². The molecule has 0 atom stereocenters. The van der Waals surface area contributed by atoms with Crippen LogP contribution in [0.2, 0.25) is 0 Å². The molecule has 0 N–H and O–H groups in total. The van der Waals surface area contributed by atoms with Crippen molar-refractivity contribution >= 4 is 30.4 Å². The van der Waals surface area contributed by atoms with Crippen LogP contribution in [-0.4, -0.2) is 38.9 Å². The molecule has 0 bridgehead atoms. The Balaban J connectivity index is -0.00000108. The molecular formula is C6H3Na3O9S3. The Hall–Kier alpha value is 1.95. The van der Waals surface area contributed by atoms with E-state index in [1.807, 2.05) is 0 Å². The minimum Gasteiger partial charge on any atom is -0.744 e. The van der Waals surface area contributed by atoms with E-state index in [0.717, 1.165) is 0 Å². The first-order chi connectivity index (χ1) is 7.82. The Morgan fingerprint density at radius 1 is 0.524 bits per heavy atom. The van der Waals surface area contributed by atoms with E-state index in [-0.39, 0.29) is 107 Å². The number of hydrogen-bond acceptors (Lipinski definition) is 9. The van der Waals surface area contributed by atoms with Gasteiger partial charge in [-0.05, 0) is 18.2 Å². The topological polar surface area (TPSA) is 172 Å². The van der Waals surface area contributed by atoms with E-state index in [4.69, 9.17) is 0 Å². The molecule has 21 heavy (non-hydrogen) atoms. The molecule has 15 heteroatoms. The molecule has 9 nitrogen and oxygen atoms in total. The Morgan fingerprint density at radius 3 is 0.762 bits per heavy atom. The van der Waals surface area contributed by atoms with Crippen LogP contribution >= 0.6 is 0 Å². The third-order valence-corrected chi connectivity index (χ3v) is 4.16. The predicted octanol–water partition coefficient (Wildman–Crippen LogP) is -10.6. The molecule has 0 heterocycles. The molecule has 0 aromatic heterocycles. The first-order valence-electron chi connectivity index (χ1n) is 3.84. The Labute approximate surface area is 188 Å². The summed E-state index contributed by atoms with van der Waals surface area (Å²) < 4.78 is 95.8. The maximum atomic E-state index is 10.6. The van der Waals surface area contributed by atoms with Crippen LogP contribution in [0.1, 0.15) is 0 Å². The van der Waals surface area contributed by atoms with Gasteiger partial charge >= 0.3 is 88.7 Å². The molecule has 0 aliphatic carbocycles. The molecule has 1 rings (SSSR count). The maximum Gasteiger partial charge on any atom is 1.00 e. The second-order valence-corrected chi connectivity index (χ2v) is 7.14. The average molecular weight is 384 g/mol. The van der Waals surface area contributed by atoms with Crippen LogP contribution in [0.4, 0.5) is 0 Å². The average Bonchev–Trinajstić information content (AvgIpc) is 2.13. The molecule has 0 amide bonds. The van der Waals surface area contributed by atoms with Crippen molar-refractivity contribution in [3.05, 3.63) is 18.2 Å². The molecule has 0 radical (unpaired) electrons. The van der Waals surface area contributed by atoms with Gasteiger partial charge in [0.2, 0.25) is 0 Å². The maximum absolute atomic E-state index is 10.6. The molecule has 0 aliphatic rings. The van der Waals surface area contributed by atoms with Crippen LogP contribution in [0.25, 0.3) is 0 Å². The molecule has 0 saturated carbocycles. The van der Waals surface area contributed by atoms with E-state index in [9.17, 15) is 38.9 Å². The largest absolute Gasteiger partial charge is 1.00 e. The summed E-state index contributed by atoms with van der Waals surface area (Å²) in [6, 6.07) is 0.540. The van der Waals surface area contributed by atoms with E-state index in [2.05, 4.69) is 0 Å². The standard InChI is InChI=1S/C6H6O9S3.3Na/c7-16(8,9)4-1-5(17(10,11)12)3-6(2-4)18(13,14)15;;;/h1-3H,(H,7,8,9)(H,10,11,12)(H,13,14,15);;;/q;3*+1/p-3. The fourth-order valence-corrected chi connectivity index (χ4v) is 2.83. The number of hydrogen-bond donors (Lipinski definition) is 0. The number of rotatable bonds is 3. The monoisotopic (exact) mass is 384 g/mol. The summed E-state index contributed by atoms with van der Waals surface area (Å²) in [6.07, 6.45) is 0. The quantitative estimate of drug-likeness (QED) is 0.362. The van der Waals surface area contributed by atoms with Gasteiger partial charge in [0.25, 0.3) is 0 Å². The van der Waals surface area contributed by atoms with Gasteiger partial charge in [0.05, 0.1) is 14.7 Å². The Bertz CT molecular complexity index is 675. The van der Waals surface area contributed by atoms with Crippen molar-refractivity contribution in [2.45, 2.75) is 14.7 Å². The minimum atomic E-state index is -5.23. The van der Waals surface area contributed by atoms with Crippen molar-refractivity contribution in [2.24, 2.45) is 0 Å². The van der Waals surface area contributed by atoms with E-state index in [1.165, 1.54) is 0 Å². The molecule has 1 aromatic carbocycles. The van der Waals surface area contributed by atoms with E-state index in [1.54, 1.807) is 0 Å². The van der Waals surface area contributed by atoms with E-state index in [0.29, 0.717) is 0 Å².